The monoisotopic (exact) mass is 290 g/mol. The third-order valence-electron chi connectivity index (χ3n) is 5.68. The van der Waals surface area contributed by atoms with Crippen molar-refractivity contribution in [1.82, 2.24) is 0 Å². The third-order valence-corrected chi connectivity index (χ3v) is 5.68. The van der Waals surface area contributed by atoms with Gasteiger partial charge in [0, 0.05) is 12.3 Å². The molecule has 114 valence electrons. The van der Waals surface area contributed by atoms with Crippen molar-refractivity contribution in [2.75, 3.05) is 13.2 Å². The Morgan fingerprint density at radius 3 is 2.43 bits per heavy atom. The third kappa shape index (κ3) is 1.90. The van der Waals surface area contributed by atoms with Crippen molar-refractivity contribution in [3.05, 3.63) is 35.4 Å². The van der Waals surface area contributed by atoms with Crippen molar-refractivity contribution in [3.63, 3.8) is 0 Å². The highest BCUT2D eigenvalue weighted by Gasteiger charge is 2.60. The zero-order valence-corrected chi connectivity index (χ0v) is 12.1. The number of hydrogen-bond donors (Lipinski definition) is 2. The van der Waals surface area contributed by atoms with E-state index >= 15 is 0 Å². The van der Waals surface area contributed by atoms with E-state index in [0.29, 0.717) is 19.6 Å². The Kier molecular flexibility index (Phi) is 3.12. The number of fused-ring (bicyclic) bond motifs is 2. The van der Waals surface area contributed by atoms with Crippen LogP contribution in [0, 0.1) is 11.8 Å². The van der Waals surface area contributed by atoms with Gasteiger partial charge in [-0.15, -0.1) is 0 Å². The van der Waals surface area contributed by atoms with E-state index in [9.17, 15) is 10.2 Å². The van der Waals surface area contributed by atoms with Gasteiger partial charge < -0.3 is 19.7 Å². The van der Waals surface area contributed by atoms with Gasteiger partial charge in [-0.2, -0.15) is 0 Å². The zero-order chi connectivity index (χ0) is 14.5. The summed E-state index contributed by atoms with van der Waals surface area (Å²) in [7, 11) is 0. The molecule has 1 saturated heterocycles. The largest absolute Gasteiger partial charge is 0.392 e. The molecule has 2 N–H and O–H groups in total. The predicted octanol–water partition coefficient (Wildman–Crippen LogP) is 1.93. The number of hydrogen-bond acceptors (Lipinski definition) is 4. The Morgan fingerprint density at radius 1 is 1.05 bits per heavy atom. The summed E-state index contributed by atoms with van der Waals surface area (Å²) < 4.78 is 11.8. The van der Waals surface area contributed by atoms with E-state index in [1.807, 2.05) is 24.3 Å². The smallest absolute Gasteiger partial charge is 0.171 e. The second-order valence-electron chi connectivity index (χ2n) is 6.63. The average Bonchev–Trinajstić information content (AvgIpc) is 2.97. The number of ether oxygens (including phenoxy) is 2. The van der Waals surface area contributed by atoms with Crippen LogP contribution in [-0.2, 0) is 21.7 Å². The Bertz CT molecular complexity index is 537. The summed E-state index contributed by atoms with van der Waals surface area (Å²) in [6, 6.07) is 7.69. The summed E-state index contributed by atoms with van der Waals surface area (Å²) in [5.41, 5.74) is 0.855. The van der Waals surface area contributed by atoms with Gasteiger partial charge in [0.05, 0.1) is 25.4 Å². The molecule has 0 aromatic heterocycles. The normalized spacial score (nSPS) is 37.2. The molecule has 4 heteroatoms. The first kappa shape index (κ1) is 13.7. The summed E-state index contributed by atoms with van der Waals surface area (Å²) >= 11 is 0. The van der Waals surface area contributed by atoms with E-state index in [1.165, 1.54) is 0 Å². The Labute approximate surface area is 124 Å². The number of benzene rings is 1. The summed E-state index contributed by atoms with van der Waals surface area (Å²) in [6.07, 6.45) is 3.46. The van der Waals surface area contributed by atoms with Crippen LogP contribution in [-0.4, -0.2) is 29.2 Å². The molecule has 5 rings (SSSR count). The molecular weight excluding hydrogens is 268 g/mol. The summed E-state index contributed by atoms with van der Waals surface area (Å²) in [6.45, 7) is 1.29. The van der Waals surface area contributed by atoms with E-state index in [-0.39, 0.29) is 18.4 Å². The van der Waals surface area contributed by atoms with Crippen LogP contribution in [0.2, 0.25) is 0 Å². The van der Waals surface area contributed by atoms with E-state index in [4.69, 9.17) is 9.47 Å². The van der Waals surface area contributed by atoms with Crippen molar-refractivity contribution in [1.29, 1.82) is 0 Å². The van der Waals surface area contributed by atoms with Crippen molar-refractivity contribution in [2.45, 2.75) is 43.7 Å². The van der Waals surface area contributed by atoms with Gasteiger partial charge in [0.25, 0.3) is 0 Å². The highest BCUT2D eigenvalue weighted by molar-refractivity contribution is 5.34. The van der Waals surface area contributed by atoms with Crippen LogP contribution in [0.1, 0.15) is 36.8 Å². The second-order valence-corrected chi connectivity index (χ2v) is 6.63. The summed E-state index contributed by atoms with van der Waals surface area (Å²) in [4.78, 5) is 0. The number of rotatable bonds is 2. The van der Waals surface area contributed by atoms with Crippen LogP contribution >= 0.6 is 0 Å². The van der Waals surface area contributed by atoms with Crippen LogP contribution in [0.5, 0.6) is 0 Å². The maximum Gasteiger partial charge on any atom is 0.171 e. The molecule has 1 aromatic rings. The molecule has 3 atom stereocenters. The van der Waals surface area contributed by atoms with Crippen molar-refractivity contribution in [3.8, 4) is 0 Å². The lowest BCUT2D eigenvalue weighted by atomic mass is 9.57. The molecule has 3 aliphatic carbocycles. The maximum atomic E-state index is 11.4. The van der Waals surface area contributed by atoms with Gasteiger partial charge in [0.2, 0.25) is 0 Å². The fourth-order valence-corrected chi connectivity index (χ4v) is 4.68. The lowest BCUT2D eigenvalue weighted by molar-refractivity contribution is -0.280. The molecule has 1 aliphatic heterocycles. The molecule has 1 heterocycles. The number of aliphatic hydroxyl groups excluding tert-OH is 1. The van der Waals surface area contributed by atoms with Crippen molar-refractivity contribution < 1.29 is 19.7 Å². The maximum absolute atomic E-state index is 11.4. The minimum Gasteiger partial charge on any atom is -0.392 e. The van der Waals surface area contributed by atoms with Crippen LogP contribution in [0.3, 0.4) is 0 Å². The molecule has 1 aromatic carbocycles. The van der Waals surface area contributed by atoms with E-state index in [1.54, 1.807) is 0 Å². The molecule has 3 saturated carbocycles. The fourth-order valence-electron chi connectivity index (χ4n) is 4.68. The first-order valence-electron chi connectivity index (χ1n) is 7.87. The van der Waals surface area contributed by atoms with Gasteiger partial charge in [0.1, 0.15) is 0 Å². The van der Waals surface area contributed by atoms with Gasteiger partial charge in [-0.1, -0.05) is 24.3 Å². The van der Waals surface area contributed by atoms with Crippen molar-refractivity contribution >= 4 is 0 Å². The van der Waals surface area contributed by atoms with Gasteiger partial charge in [0.15, 0.2) is 5.79 Å². The van der Waals surface area contributed by atoms with Crippen LogP contribution in [0.15, 0.2) is 24.3 Å². The van der Waals surface area contributed by atoms with E-state index in [0.717, 1.165) is 30.4 Å². The molecule has 4 nitrogen and oxygen atoms in total. The van der Waals surface area contributed by atoms with Gasteiger partial charge in [-0.3, -0.25) is 0 Å². The molecule has 4 aliphatic rings. The van der Waals surface area contributed by atoms with E-state index < -0.39 is 11.4 Å². The standard InChI is InChI=1S/C17H22O4/c18-11-12-3-1-2-4-15(12)16(19)9-14-6-5-13(16)10-17(14)20-7-8-21-17/h1-4,13-14,18-19H,5-11H2/t13-,14-,16+/m1/s1. The predicted molar refractivity (Wildman–Crippen MR) is 76.3 cm³/mol. The minimum atomic E-state index is -0.858. The van der Waals surface area contributed by atoms with Gasteiger partial charge in [-0.05, 0) is 36.3 Å². The molecule has 4 fully saturated rings. The molecule has 0 unspecified atom stereocenters. The Hall–Kier alpha value is -0.940. The lowest BCUT2D eigenvalue weighted by Crippen LogP contribution is -2.58. The fraction of sp³-hybridized carbons (Fsp3) is 0.647. The van der Waals surface area contributed by atoms with Crippen LogP contribution in [0.4, 0.5) is 0 Å². The highest BCUT2D eigenvalue weighted by atomic mass is 16.7. The molecule has 2 bridgehead atoms. The van der Waals surface area contributed by atoms with Crippen molar-refractivity contribution in [2.24, 2.45) is 11.8 Å². The highest BCUT2D eigenvalue weighted by Crippen LogP contribution is 2.58. The van der Waals surface area contributed by atoms with Gasteiger partial charge >= 0.3 is 0 Å². The Morgan fingerprint density at radius 2 is 1.76 bits per heavy atom. The quantitative estimate of drug-likeness (QED) is 0.874. The van der Waals surface area contributed by atoms with Gasteiger partial charge in [-0.25, -0.2) is 0 Å². The molecule has 0 radical (unpaired) electrons. The molecule has 1 spiro atoms. The first-order chi connectivity index (χ1) is 10.2. The molecule has 21 heavy (non-hydrogen) atoms. The topological polar surface area (TPSA) is 58.9 Å². The van der Waals surface area contributed by atoms with Crippen LogP contribution < -0.4 is 0 Å². The minimum absolute atomic E-state index is 0.0337. The molecular formula is C17H22O4. The SMILES string of the molecule is OCc1ccccc1[C@]1(O)C[C@H]2CC[C@@H]1CC21OCCO1. The molecule has 0 amide bonds. The second kappa shape index (κ2) is 4.78. The lowest BCUT2D eigenvalue weighted by Gasteiger charge is -2.56. The average molecular weight is 290 g/mol. The summed E-state index contributed by atoms with van der Waals surface area (Å²) in [5.74, 6) is -0.0846. The van der Waals surface area contributed by atoms with Crippen LogP contribution in [0.25, 0.3) is 0 Å². The summed E-state index contributed by atoms with van der Waals surface area (Å²) in [5, 5.41) is 20.9. The zero-order valence-electron chi connectivity index (χ0n) is 12.1. The number of aliphatic hydroxyl groups is 2. The first-order valence-corrected chi connectivity index (χ1v) is 7.87. The Balaban J connectivity index is 1.71. The van der Waals surface area contributed by atoms with E-state index in [2.05, 4.69) is 0 Å².